The molecule has 28 heavy (non-hydrogen) atoms. The van der Waals surface area contributed by atoms with Gasteiger partial charge in [-0.05, 0) is 34.4 Å². The van der Waals surface area contributed by atoms with Crippen LogP contribution in [0.5, 0.6) is 0 Å². The van der Waals surface area contributed by atoms with Crippen LogP contribution < -0.4 is 0 Å². The summed E-state index contributed by atoms with van der Waals surface area (Å²) in [5, 5.41) is 9.56. The summed E-state index contributed by atoms with van der Waals surface area (Å²) in [6.07, 6.45) is 4.15. The number of fused-ring (bicyclic) bond motifs is 1. The normalized spacial score (nSPS) is 16.2. The maximum absolute atomic E-state index is 4.68. The van der Waals surface area contributed by atoms with Gasteiger partial charge in [0.25, 0.3) is 0 Å². The molecule has 0 atom stereocenters. The van der Waals surface area contributed by atoms with E-state index in [1.54, 1.807) is 0 Å². The molecule has 1 saturated heterocycles. The molecule has 0 saturated carbocycles. The van der Waals surface area contributed by atoms with Crippen molar-refractivity contribution in [2.24, 2.45) is 5.10 Å². The smallest absolute Gasteiger partial charge is 0.0499 e. The summed E-state index contributed by atoms with van der Waals surface area (Å²) in [6.45, 7) is 7.14. The molecule has 4 rings (SSSR count). The van der Waals surface area contributed by atoms with Crippen molar-refractivity contribution in [2.75, 3.05) is 26.2 Å². The Balaban J connectivity index is 1.33. The summed E-state index contributed by atoms with van der Waals surface area (Å²) in [7, 11) is 0. The molecular formula is C25H27N3. The Labute approximate surface area is 167 Å². The molecule has 0 unspecified atom stereocenters. The number of piperazine rings is 1. The average molecular weight is 370 g/mol. The number of rotatable bonds is 5. The molecule has 3 aromatic carbocycles. The van der Waals surface area contributed by atoms with Crippen molar-refractivity contribution in [3.05, 3.63) is 89.5 Å². The van der Waals surface area contributed by atoms with Gasteiger partial charge in [-0.25, -0.2) is 0 Å². The SMILES string of the molecule is CC(C=NN1CCN(Cc2cccc3ccccc23)CC1)=Cc1ccccc1. The van der Waals surface area contributed by atoms with Gasteiger partial charge in [-0.3, -0.25) is 9.91 Å². The largest absolute Gasteiger partial charge is 0.295 e. The first-order valence-electron chi connectivity index (χ1n) is 9.99. The first kappa shape index (κ1) is 18.5. The quantitative estimate of drug-likeness (QED) is 0.586. The summed E-state index contributed by atoms with van der Waals surface area (Å²) in [6, 6.07) is 25.7. The van der Waals surface area contributed by atoms with Gasteiger partial charge in [-0.2, -0.15) is 5.10 Å². The fraction of sp³-hybridized carbons (Fsp3) is 0.240. The van der Waals surface area contributed by atoms with E-state index in [1.165, 1.54) is 27.5 Å². The molecule has 1 aliphatic rings. The molecule has 0 aliphatic carbocycles. The van der Waals surface area contributed by atoms with Gasteiger partial charge in [0.05, 0.1) is 0 Å². The summed E-state index contributed by atoms with van der Waals surface area (Å²) >= 11 is 0. The van der Waals surface area contributed by atoms with Crippen LogP contribution in [0.3, 0.4) is 0 Å². The lowest BCUT2D eigenvalue weighted by Crippen LogP contribution is -2.43. The minimum atomic E-state index is 0.972. The summed E-state index contributed by atoms with van der Waals surface area (Å²) in [5.74, 6) is 0. The number of hydrogen-bond acceptors (Lipinski definition) is 3. The number of allylic oxidation sites excluding steroid dienone is 1. The maximum atomic E-state index is 4.68. The zero-order valence-corrected chi connectivity index (χ0v) is 16.5. The third-order valence-corrected chi connectivity index (χ3v) is 5.24. The van der Waals surface area contributed by atoms with Crippen LogP contribution in [0.25, 0.3) is 16.8 Å². The molecule has 142 valence electrons. The Hall–Kier alpha value is -2.91. The van der Waals surface area contributed by atoms with Crippen LogP contribution in [-0.2, 0) is 6.54 Å². The monoisotopic (exact) mass is 369 g/mol. The molecule has 0 N–H and O–H groups in total. The van der Waals surface area contributed by atoms with Crippen molar-refractivity contribution in [3.63, 3.8) is 0 Å². The number of nitrogens with zero attached hydrogens (tertiary/aromatic N) is 3. The molecule has 3 nitrogen and oxygen atoms in total. The van der Waals surface area contributed by atoms with Gasteiger partial charge in [-0.15, -0.1) is 0 Å². The highest BCUT2D eigenvalue weighted by Crippen LogP contribution is 2.20. The van der Waals surface area contributed by atoms with Crippen LogP contribution in [0, 0.1) is 0 Å². The third-order valence-electron chi connectivity index (χ3n) is 5.24. The second-order valence-corrected chi connectivity index (χ2v) is 7.41. The Bertz CT molecular complexity index is 962. The number of hydrogen-bond donors (Lipinski definition) is 0. The molecule has 0 radical (unpaired) electrons. The average Bonchev–Trinajstić information content (AvgIpc) is 2.74. The fourth-order valence-electron chi connectivity index (χ4n) is 3.70. The molecular weight excluding hydrogens is 342 g/mol. The van der Waals surface area contributed by atoms with E-state index >= 15 is 0 Å². The predicted octanol–water partition coefficient (Wildman–Crippen LogP) is 5.05. The van der Waals surface area contributed by atoms with Gasteiger partial charge in [0.15, 0.2) is 0 Å². The Morgan fingerprint density at radius 1 is 0.857 bits per heavy atom. The first-order valence-corrected chi connectivity index (χ1v) is 9.99. The summed E-state index contributed by atoms with van der Waals surface area (Å²) in [4.78, 5) is 2.53. The lowest BCUT2D eigenvalue weighted by molar-refractivity contribution is 0.131. The van der Waals surface area contributed by atoms with Crippen molar-refractivity contribution in [2.45, 2.75) is 13.5 Å². The van der Waals surface area contributed by atoms with E-state index in [4.69, 9.17) is 0 Å². The van der Waals surface area contributed by atoms with Crippen LogP contribution in [0.2, 0.25) is 0 Å². The van der Waals surface area contributed by atoms with E-state index in [0.29, 0.717) is 0 Å². The lowest BCUT2D eigenvalue weighted by Gasteiger charge is -2.33. The van der Waals surface area contributed by atoms with Gasteiger partial charge < -0.3 is 0 Å². The molecule has 3 heteroatoms. The van der Waals surface area contributed by atoms with Gasteiger partial charge in [-0.1, -0.05) is 78.9 Å². The van der Waals surface area contributed by atoms with Crippen LogP contribution in [0.1, 0.15) is 18.1 Å². The number of hydrazone groups is 1. The predicted molar refractivity (Wildman–Crippen MR) is 119 cm³/mol. The third kappa shape index (κ3) is 4.68. The van der Waals surface area contributed by atoms with E-state index in [2.05, 4.69) is 94.7 Å². The van der Waals surface area contributed by atoms with Gasteiger partial charge in [0.2, 0.25) is 0 Å². The zero-order chi connectivity index (χ0) is 19.2. The second-order valence-electron chi connectivity index (χ2n) is 7.41. The molecule has 1 fully saturated rings. The molecule has 0 bridgehead atoms. The molecule has 0 amide bonds. The van der Waals surface area contributed by atoms with Gasteiger partial charge in [0, 0.05) is 38.9 Å². The Morgan fingerprint density at radius 2 is 1.57 bits per heavy atom. The van der Waals surface area contributed by atoms with E-state index in [-0.39, 0.29) is 0 Å². The zero-order valence-electron chi connectivity index (χ0n) is 16.5. The minimum Gasteiger partial charge on any atom is -0.295 e. The minimum absolute atomic E-state index is 0.972. The Morgan fingerprint density at radius 3 is 2.39 bits per heavy atom. The van der Waals surface area contributed by atoms with E-state index < -0.39 is 0 Å². The molecule has 3 aromatic rings. The summed E-state index contributed by atoms with van der Waals surface area (Å²) < 4.78 is 0. The topological polar surface area (TPSA) is 18.8 Å². The highest BCUT2D eigenvalue weighted by Gasteiger charge is 2.16. The highest BCUT2D eigenvalue weighted by atomic mass is 15.5. The van der Waals surface area contributed by atoms with Crippen LogP contribution in [-0.4, -0.2) is 42.3 Å². The maximum Gasteiger partial charge on any atom is 0.0499 e. The first-order chi connectivity index (χ1) is 13.8. The second kappa shape index (κ2) is 8.85. The van der Waals surface area contributed by atoms with Crippen LogP contribution >= 0.6 is 0 Å². The van der Waals surface area contributed by atoms with Crippen molar-refractivity contribution in [1.29, 1.82) is 0 Å². The molecule has 0 aromatic heterocycles. The molecule has 1 heterocycles. The standard InChI is InChI=1S/C25H27N3/c1-21(18-22-8-3-2-4-9-22)19-26-28-16-14-27(15-17-28)20-24-12-7-11-23-10-5-6-13-25(23)24/h2-13,18-19H,14-17,20H2,1H3. The van der Waals surface area contributed by atoms with E-state index in [9.17, 15) is 0 Å². The molecule has 0 spiro atoms. The lowest BCUT2D eigenvalue weighted by atomic mass is 10.0. The highest BCUT2D eigenvalue weighted by molar-refractivity contribution is 5.85. The van der Waals surface area contributed by atoms with E-state index in [0.717, 1.165) is 32.7 Å². The fourth-order valence-corrected chi connectivity index (χ4v) is 3.70. The van der Waals surface area contributed by atoms with E-state index in [1.807, 2.05) is 12.3 Å². The van der Waals surface area contributed by atoms with Gasteiger partial charge in [0.1, 0.15) is 0 Å². The molecule has 1 aliphatic heterocycles. The van der Waals surface area contributed by atoms with Crippen molar-refractivity contribution < 1.29 is 0 Å². The van der Waals surface area contributed by atoms with Crippen LogP contribution in [0.4, 0.5) is 0 Å². The van der Waals surface area contributed by atoms with Crippen molar-refractivity contribution >= 4 is 23.1 Å². The van der Waals surface area contributed by atoms with Crippen LogP contribution in [0.15, 0.2) is 83.5 Å². The number of benzene rings is 3. The van der Waals surface area contributed by atoms with Crippen molar-refractivity contribution in [1.82, 2.24) is 9.91 Å². The van der Waals surface area contributed by atoms with Gasteiger partial charge >= 0.3 is 0 Å². The van der Waals surface area contributed by atoms with Crippen molar-refractivity contribution in [3.8, 4) is 0 Å². The Kier molecular flexibility index (Phi) is 5.83. The summed E-state index contributed by atoms with van der Waals surface area (Å²) in [5.41, 5.74) is 3.80.